The molecular weight excluding hydrogens is 296 g/mol. The third-order valence-corrected chi connectivity index (χ3v) is 3.87. The maximum absolute atomic E-state index is 12.3. The quantitative estimate of drug-likeness (QED) is 0.878. The van der Waals surface area contributed by atoms with E-state index in [1.807, 2.05) is 7.05 Å². The molecule has 0 saturated carbocycles. The predicted octanol–water partition coefficient (Wildman–Crippen LogP) is 1.98. The molecule has 1 aliphatic rings. The molecule has 18 heavy (non-hydrogen) atoms. The molecule has 0 aromatic heterocycles. The highest BCUT2D eigenvalue weighted by molar-refractivity contribution is 9.10. The molecule has 2 rings (SSSR count). The third-order valence-electron chi connectivity index (χ3n) is 3.38. The number of likely N-dealkylation sites (tertiary alicyclic amines) is 1. The molecule has 1 amide bonds. The van der Waals surface area contributed by atoms with Gasteiger partial charge in [-0.1, -0.05) is 15.9 Å². The lowest BCUT2D eigenvalue weighted by molar-refractivity contribution is 0.0704. The first-order valence-corrected chi connectivity index (χ1v) is 6.86. The molecule has 98 valence electrons. The Balaban J connectivity index is 2.08. The van der Waals surface area contributed by atoms with Gasteiger partial charge >= 0.3 is 0 Å². The minimum Gasteiger partial charge on any atom is -0.507 e. The maximum Gasteiger partial charge on any atom is 0.257 e. The molecule has 4 nitrogen and oxygen atoms in total. The van der Waals surface area contributed by atoms with Crippen molar-refractivity contribution in [3.63, 3.8) is 0 Å². The van der Waals surface area contributed by atoms with E-state index in [4.69, 9.17) is 0 Å². The molecule has 1 aromatic rings. The molecule has 2 N–H and O–H groups in total. The number of phenols is 1. The summed E-state index contributed by atoms with van der Waals surface area (Å²) >= 11 is 3.27. The summed E-state index contributed by atoms with van der Waals surface area (Å²) in [4.78, 5) is 14.1. The van der Waals surface area contributed by atoms with Crippen molar-refractivity contribution in [2.45, 2.75) is 18.9 Å². The van der Waals surface area contributed by atoms with E-state index < -0.39 is 0 Å². The van der Waals surface area contributed by atoms with E-state index in [9.17, 15) is 9.90 Å². The van der Waals surface area contributed by atoms with Crippen LogP contribution in [0.2, 0.25) is 0 Å². The van der Waals surface area contributed by atoms with Gasteiger partial charge in [0.2, 0.25) is 0 Å². The van der Waals surface area contributed by atoms with Crippen LogP contribution in [0.5, 0.6) is 5.75 Å². The molecule has 0 spiro atoms. The molecule has 1 heterocycles. The van der Waals surface area contributed by atoms with E-state index in [1.165, 1.54) is 0 Å². The smallest absolute Gasteiger partial charge is 0.257 e. The molecule has 1 aromatic carbocycles. The summed E-state index contributed by atoms with van der Waals surface area (Å²) in [5.74, 6) is -0.0559. The zero-order chi connectivity index (χ0) is 13.1. The minimum atomic E-state index is -0.0884. The molecule has 1 fully saturated rings. The van der Waals surface area contributed by atoms with E-state index in [1.54, 1.807) is 23.1 Å². The highest BCUT2D eigenvalue weighted by Crippen LogP contribution is 2.24. The standard InChI is InChI=1S/C13H17BrN2O2/c1-15-10-4-6-16(7-5-10)13(18)11-3-2-9(14)8-12(11)17/h2-3,8,10,15,17H,4-7H2,1H3. The van der Waals surface area contributed by atoms with Crippen LogP contribution in [0.1, 0.15) is 23.2 Å². The average molecular weight is 313 g/mol. The minimum absolute atomic E-state index is 0.0325. The van der Waals surface area contributed by atoms with Crippen molar-refractivity contribution >= 4 is 21.8 Å². The van der Waals surface area contributed by atoms with E-state index in [0.717, 1.165) is 30.4 Å². The number of benzene rings is 1. The first-order chi connectivity index (χ1) is 8.61. The largest absolute Gasteiger partial charge is 0.507 e. The fraction of sp³-hybridized carbons (Fsp3) is 0.462. The number of amides is 1. The molecular formula is C13H17BrN2O2. The zero-order valence-electron chi connectivity index (χ0n) is 10.3. The molecule has 5 heteroatoms. The topological polar surface area (TPSA) is 52.6 Å². The Labute approximate surface area is 115 Å². The van der Waals surface area contributed by atoms with Crippen LogP contribution in [0.4, 0.5) is 0 Å². The predicted molar refractivity (Wildman–Crippen MR) is 73.8 cm³/mol. The number of phenolic OH excluding ortho intramolecular Hbond substituents is 1. The lowest BCUT2D eigenvalue weighted by Crippen LogP contribution is -2.43. The zero-order valence-corrected chi connectivity index (χ0v) is 11.9. The summed E-state index contributed by atoms with van der Waals surface area (Å²) in [6.45, 7) is 1.47. The van der Waals surface area contributed by atoms with Gasteiger partial charge in [0, 0.05) is 23.6 Å². The molecule has 0 unspecified atom stereocenters. The SMILES string of the molecule is CNC1CCN(C(=O)c2ccc(Br)cc2O)CC1. The second kappa shape index (κ2) is 5.71. The average Bonchev–Trinajstić information content (AvgIpc) is 2.38. The monoisotopic (exact) mass is 312 g/mol. The number of carbonyl (C=O) groups excluding carboxylic acids is 1. The van der Waals surface area contributed by atoms with Gasteiger partial charge in [-0.05, 0) is 38.1 Å². The van der Waals surface area contributed by atoms with E-state index in [2.05, 4.69) is 21.2 Å². The molecule has 0 aliphatic carbocycles. The first-order valence-electron chi connectivity index (χ1n) is 6.07. The van der Waals surface area contributed by atoms with Gasteiger partial charge < -0.3 is 15.3 Å². The number of piperidine rings is 1. The van der Waals surface area contributed by atoms with Crippen molar-refractivity contribution < 1.29 is 9.90 Å². The van der Waals surface area contributed by atoms with Crippen LogP contribution in [0, 0.1) is 0 Å². The Morgan fingerprint density at radius 3 is 2.67 bits per heavy atom. The number of hydrogen-bond donors (Lipinski definition) is 2. The summed E-state index contributed by atoms with van der Waals surface area (Å²) in [6.07, 6.45) is 1.92. The number of hydrogen-bond acceptors (Lipinski definition) is 3. The summed E-state index contributed by atoms with van der Waals surface area (Å²) in [5.41, 5.74) is 0.376. The molecule has 1 saturated heterocycles. The summed E-state index contributed by atoms with van der Waals surface area (Å²) in [7, 11) is 1.95. The van der Waals surface area contributed by atoms with Crippen LogP contribution >= 0.6 is 15.9 Å². The van der Waals surface area contributed by atoms with Gasteiger partial charge in [0.15, 0.2) is 0 Å². The lowest BCUT2D eigenvalue weighted by Gasteiger charge is -2.32. The third kappa shape index (κ3) is 2.84. The van der Waals surface area contributed by atoms with Gasteiger partial charge in [-0.25, -0.2) is 0 Å². The summed E-state index contributed by atoms with van der Waals surface area (Å²) < 4.78 is 0.769. The van der Waals surface area contributed by atoms with Crippen molar-refractivity contribution in [3.8, 4) is 5.75 Å². The van der Waals surface area contributed by atoms with Gasteiger partial charge in [0.25, 0.3) is 5.91 Å². The Kier molecular flexibility index (Phi) is 4.24. The fourth-order valence-corrected chi connectivity index (χ4v) is 2.58. The second-order valence-electron chi connectivity index (χ2n) is 4.52. The van der Waals surface area contributed by atoms with Crippen LogP contribution in [0.25, 0.3) is 0 Å². The van der Waals surface area contributed by atoms with Crippen LogP contribution in [0.3, 0.4) is 0 Å². The molecule has 0 radical (unpaired) electrons. The number of nitrogens with one attached hydrogen (secondary N) is 1. The second-order valence-corrected chi connectivity index (χ2v) is 5.43. The Hall–Kier alpha value is -1.07. The fourth-order valence-electron chi connectivity index (χ4n) is 2.23. The molecule has 0 bridgehead atoms. The van der Waals surface area contributed by atoms with Gasteiger partial charge in [0.1, 0.15) is 5.75 Å². The van der Waals surface area contributed by atoms with E-state index in [-0.39, 0.29) is 11.7 Å². The number of aromatic hydroxyl groups is 1. The van der Waals surface area contributed by atoms with Crippen LogP contribution in [0.15, 0.2) is 22.7 Å². The van der Waals surface area contributed by atoms with Crippen molar-refractivity contribution in [2.75, 3.05) is 20.1 Å². The van der Waals surface area contributed by atoms with E-state index in [0.29, 0.717) is 11.6 Å². The number of rotatable bonds is 2. The summed E-state index contributed by atoms with van der Waals surface area (Å²) in [5, 5.41) is 13.0. The van der Waals surface area contributed by atoms with Crippen molar-refractivity contribution in [1.82, 2.24) is 10.2 Å². The number of nitrogens with zero attached hydrogens (tertiary/aromatic N) is 1. The highest BCUT2D eigenvalue weighted by atomic mass is 79.9. The van der Waals surface area contributed by atoms with Gasteiger partial charge in [-0.3, -0.25) is 4.79 Å². The van der Waals surface area contributed by atoms with E-state index >= 15 is 0 Å². The van der Waals surface area contributed by atoms with Crippen LogP contribution < -0.4 is 5.32 Å². The van der Waals surface area contributed by atoms with Gasteiger partial charge in [-0.2, -0.15) is 0 Å². The van der Waals surface area contributed by atoms with Gasteiger partial charge in [0.05, 0.1) is 5.56 Å². The first kappa shape index (κ1) is 13.4. The molecule has 0 atom stereocenters. The lowest BCUT2D eigenvalue weighted by atomic mass is 10.0. The Morgan fingerprint density at radius 2 is 2.11 bits per heavy atom. The van der Waals surface area contributed by atoms with Crippen molar-refractivity contribution in [2.24, 2.45) is 0 Å². The van der Waals surface area contributed by atoms with Crippen LogP contribution in [-0.4, -0.2) is 42.1 Å². The highest BCUT2D eigenvalue weighted by Gasteiger charge is 2.24. The maximum atomic E-state index is 12.3. The van der Waals surface area contributed by atoms with Gasteiger partial charge in [-0.15, -0.1) is 0 Å². The van der Waals surface area contributed by atoms with Crippen molar-refractivity contribution in [1.29, 1.82) is 0 Å². The Bertz CT molecular complexity index is 443. The molecule has 1 aliphatic heterocycles. The normalized spacial score (nSPS) is 16.9. The Morgan fingerprint density at radius 1 is 1.44 bits per heavy atom. The van der Waals surface area contributed by atoms with Crippen LogP contribution in [-0.2, 0) is 0 Å². The van der Waals surface area contributed by atoms with Crippen molar-refractivity contribution in [3.05, 3.63) is 28.2 Å². The summed E-state index contributed by atoms with van der Waals surface area (Å²) in [6, 6.07) is 5.47. The number of halogens is 1. The number of carbonyl (C=O) groups is 1.